The molecule has 0 aliphatic rings. The highest BCUT2D eigenvalue weighted by molar-refractivity contribution is 5.95. The number of carbonyl (C=O) groups excluding carboxylic acids is 1. The molecule has 0 radical (unpaired) electrons. The first-order valence-corrected chi connectivity index (χ1v) is 6.03. The average Bonchev–Trinajstić information content (AvgIpc) is 2.37. The van der Waals surface area contributed by atoms with E-state index >= 15 is 0 Å². The van der Waals surface area contributed by atoms with E-state index in [1.54, 1.807) is 13.2 Å². The van der Waals surface area contributed by atoms with Gasteiger partial charge in [-0.15, -0.1) is 0 Å². The van der Waals surface area contributed by atoms with Crippen molar-refractivity contribution in [2.75, 3.05) is 26.1 Å². The molecule has 100 valence electrons. The van der Waals surface area contributed by atoms with Crippen LogP contribution in [0.3, 0.4) is 0 Å². The van der Waals surface area contributed by atoms with Gasteiger partial charge in [0, 0.05) is 12.8 Å². The largest absolute Gasteiger partial charge is 0.465 e. The number of nitrogens with one attached hydrogen (secondary N) is 1. The van der Waals surface area contributed by atoms with Crippen molar-refractivity contribution < 1.29 is 14.3 Å². The van der Waals surface area contributed by atoms with Gasteiger partial charge in [-0.2, -0.15) is 0 Å². The summed E-state index contributed by atoms with van der Waals surface area (Å²) in [4.78, 5) is 11.7. The molecule has 18 heavy (non-hydrogen) atoms. The van der Waals surface area contributed by atoms with Crippen molar-refractivity contribution in [3.63, 3.8) is 0 Å². The summed E-state index contributed by atoms with van der Waals surface area (Å²) in [5.41, 5.74) is 1.32. The molecular formula is C14H21NO3. The molecule has 1 aromatic carbocycles. The van der Waals surface area contributed by atoms with Gasteiger partial charge in [0.2, 0.25) is 0 Å². The fourth-order valence-corrected chi connectivity index (χ4v) is 1.68. The third kappa shape index (κ3) is 3.74. The number of hydrogen-bond donors (Lipinski definition) is 1. The molecule has 0 aliphatic carbocycles. The van der Waals surface area contributed by atoms with E-state index in [1.807, 2.05) is 18.2 Å². The van der Waals surface area contributed by atoms with Crippen molar-refractivity contribution in [2.24, 2.45) is 5.92 Å². The van der Waals surface area contributed by atoms with Crippen molar-refractivity contribution in [3.05, 3.63) is 29.8 Å². The Morgan fingerprint density at radius 3 is 2.50 bits per heavy atom. The maximum atomic E-state index is 11.7. The molecule has 0 amide bonds. The predicted octanol–water partition coefficient (Wildman–Crippen LogP) is 2.56. The van der Waals surface area contributed by atoms with Crippen molar-refractivity contribution in [3.8, 4) is 0 Å². The standard InChI is InChI=1S/C14H21NO3/c1-10(2)13(9-17-3)15-12-8-6-5-7-11(12)14(16)18-4/h5-8,10,13,15H,9H2,1-4H3. The maximum absolute atomic E-state index is 11.7. The van der Waals surface area contributed by atoms with Crippen molar-refractivity contribution in [2.45, 2.75) is 19.9 Å². The topological polar surface area (TPSA) is 47.6 Å². The molecule has 0 aliphatic heterocycles. The van der Waals surface area contributed by atoms with Crippen LogP contribution in [0.1, 0.15) is 24.2 Å². The first-order valence-electron chi connectivity index (χ1n) is 6.03. The Kier molecular flexibility index (Phi) is 5.65. The highest BCUT2D eigenvalue weighted by atomic mass is 16.5. The quantitative estimate of drug-likeness (QED) is 0.789. The lowest BCUT2D eigenvalue weighted by atomic mass is 10.0. The zero-order chi connectivity index (χ0) is 13.5. The fourth-order valence-electron chi connectivity index (χ4n) is 1.68. The van der Waals surface area contributed by atoms with Crippen molar-refractivity contribution >= 4 is 11.7 Å². The van der Waals surface area contributed by atoms with Gasteiger partial charge in [-0.3, -0.25) is 0 Å². The number of hydrogen-bond acceptors (Lipinski definition) is 4. The lowest BCUT2D eigenvalue weighted by Crippen LogP contribution is -2.31. The summed E-state index contributed by atoms with van der Waals surface area (Å²) in [6.07, 6.45) is 0. The number of benzene rings is 1. The van der Waals surface area contributed by atoms with E-state index < -0.39 is 0 Å². The van der Waals surface area contributed by atoms with E-state index in [4.69, 9.17) is 9.47 Å². The third-order valence-corrected chi connectivity index (χ3v) is 2.82. The molecule has 1 N–H and O–H groups in total. The number of ether oxygens (including phenoxy) is 2. The molecule has 1 atom stereocenters. The smallest absolute Gasteiger partial charge is 0.339 e. The molecule has 0 spiro atoms. The highest BCUT2D eigenvalue weighted by Crippen LogP contribution is 2.19. The molecule has 0 heterocycles. The lowest BCUT2D eigenvalue weighted by Gasteiger charge is -2.23. The first-order chi connectivity index (χ1) is 8.60. The van der Waals surface area contributed by atoms with Crippen LogP contribution >= 0.6 is 0 Å². The Morgan fingerprint density at radius 2 is 1.94 bits per heavy atom. The summed E-state index contributed by atoms with van der Waals surface area (Å²) in [7, 11) is 3.05. The van der Waals surface area contributed by atoms with Crippen LogP contribution in [0.5, 0.6) is 0 Å². The van der Waals surface area contributed by atoms with Gasteiger partial charge in [-0.05, 0) is 18.1 Å². The van der Waals surface area contributed by atoms with E-state index in [2.05, 4.69) is 19.2 Å². The van der Waals surface area contributed by atoms with Crippen molar-refractivity contribution in [1.82, 2.24) is 0 Å². The Labute approximate surface area is 108 Å². The molecule has 0 saturated carbocycles. The van der Waals surface area contributed by atoms with Gasteiger partial charge in [0.25, 0.3) is 0 Å². The van der Waals surface area contributed by atoms with Crippen LogP contribution in [0.2, 0.25) is 0 Å². The van der Waals surface area contributed by atoms with Gasteiger partial charge < -0.3 is 14.8 Å². The number of anilines is 1. The van der Waals surface area contributed by atoms with Crippen LogP contribution in [0.25, 0.3) is 0 Å². The number of rotatable bonds is 6. The van der Waals surface area contributed by atoms with Crippen LogP contribution in [0, 0.1) is 5.92 Å². The SMILES string of the molecule is COCC(Nc1ccccc1C(=O)OC)C(C)C. The van der Waals surface area contributed by atoms with Crippen molar-refractivity contribution in [1.29, 1.82) is 0 Å². The number of methoxy groups -OCH3 is 2. The Morgan fingerprint density at radius 1 is 1.28 bits per heavy atom. The summed E-state index contributed by atoms with van der Waals surface area (Å²) in [5, 5.41) is 3.34. The monoisotopic (exact) mass is 251 g/mol. The number of esters is 1. The van der Waals surface area contributed by atoms with Gasteiger partial charge in [-0.1, -0.05) is 26.0 Å². The molecule has 0 fully saturated rings. The summed E-state index contributed by atoms with van der Waals surface area (Å²) in [6, 6.07) is 7.48. The molecule has 4 heteroatoms. The average molecular weight is 251 g/mol. The Balaban J connectivity index is 2.91. The van der Waals surface area contributed by atoms with Gasteiger partial charge in [0.15, 0.2) is 0 Å². The molecule has 1 unspecified atom stereocenters. The number of carbonyl (C=O) groups is 1. The van der Waals surface area contributed by atoms with Gasteiger partial charge in [0.05, 0.1) is 25.3 Å². The second-order valence-electron chi connectivity index (χ2n) is 4.49. The summed E-state index contributed by atoms with van der Waals surface area (Å²) < 4.78 is 9.95. The maximum Gasteiger partial charge on any atom is 0.339 e. The summed E-state index contributed by atoms with van der Waals surface area (Å²) in [6.45, 7) is 4.81. The molecule has 4 nitrogen and oxygen atoms in total. The minimum Gasteiger partial charge on any atom is -0.465 e. The number of para-hydroxylation sites is 1. The lowest BCUT2D eigenvalue weighted by molar-refractivity contribution is 0.0601. The highest BCUT2D eigenvalue weighted by Gasteiger charge is 2.17. The summed E-state index contributed by atoms with van der Waals surface area (Å²) >= 11 is 0. The van der Waals surface area contributed by atoms with E-state index in [0.29, 0.717) is 18.1 Å². The van der Waals surface area contributed by atoms with E-state index in [9.17, 15) is 4.79 Å². The molecular weight excluding hydrogens is 230 g/mol. The second kappa shape index (κ2) is 7.01. The molecule has 1 rings (SSSR count). The van der Waals surface area contributed by atoms with Gasteiger partial charge in [-0.25, -0.2) is 4.79 Å². The minimum absolute atomic E-state index is 0.154. The Hall–Kier alpha value is -1.55. The van der Waals surface area contributed by atoms with Crippen LogP contribution in [0.4, 0.5) is 5.69 Å². The minimum atomic E-state index is -0.335. The Bertz CT molecular complexity index is 390. The first kappa shape index (κ1) is 14.5. The van der Waals surface area contributed by atoms with E-state index in [-0.39, 0.29) is 12.0 Å². The molecule has 1 aromatic rings. The van der Waals surface area contributed by atoms with E-state index in [1.165, 1.54) is 7.11 Å². The zero-order valence-corrected chi connectivity index (χ0v) is 11.4. The van der Waals surface area contributed by atoms with Gasteiger partial charge in [0.1, 0.15) is 0 Å². The molecule has 0 aromatic heterocycles. The summed E-state index contributed by atoms with van der Waals surface area (Å²) in [5.74, 6) is 0.0636. The van der Waals surface area contributed by atoms with E-state index in [0.717, 1.165) is 5.69 Å². The molecule has 0 bridgehead atoms. The van der Waals surface area contributed by atoms with Crippen LogP contribution in [0.15, 0.2) is 24.3 Å². The van der Waals surface area contributed by atoms with Crippen LogP contribution < -0.4 is 5.32 Å². The second-order valence-corrected chi connectivity index (χ2v) is 4.49. The van der Waals surface area contributed by atoms with Crippen LogP contribution in [-0.4, -0.2) is 32.8 Å². The normalized spacial score (nSPS) is 12.3. The van der Waals surface area contributed by atoms with Gasteiger partial charge >= 0.3 is 5.97 Å². The predicted molar refractivity (Wildman–Crippen MR) is 71.9 cm³/mol. The molecule has 0 saturated heterocycles. The van der Waals surface area contributed by atoms with Crippen LogP contribution in [-0.2, 0) is 9.47 Å². The zero-order valence-electron chi connectivity index (χ0n) is 11.4. The fraction of sp³-hybridized carbons (Fsp3) is 0.500. The third-order valence-electron chi connectivity index (χ3n) is 2.82.